The predicted molar refractivity (Wildman–Crippen MR) is 112 cm³/mol. The molecule has 0 heterocycles. The van der Waals surface area contributed by atoms with Crippen LogP contribution < -0.4 is 10.9 Å². The number of amides is 1. The maximum Gasteiger partial charge on any atom is 0.417 e. The summed E-state index contributed by atoms with van der Waals surface area (Å²) >= 11 is 17.1. The molecule has 0 aliphatic heterocycles. The molecular weight excluding hydrogens is 581 g/mol. The number of carbonyl (C=O) groups excluding carboxylic acids is 1. The Morgan fingerprint density at radius 2 is 1.47 bits per heavy atom. The van der Waals surface area contributed by atoms with E-state index in [0.29, 0.717) is 12.1 Å². The quantitative estimate of drug-likeness (QED) is 0.202. The first-order chi connectivity index (χ1) is 16.3. The lowest BCUT2D eigenvalue weighted by Crippen LogP contribution is -2.43. The van der Waals surface area contributed by atoms with Crippen molar-refractivity contribution in [2.45, 2.75) is 24.4 Å². The van der Waals surface area contributed by atoms with Crippen molar-refractivity contribution in [3.05, 3.63) is 73.7 Å². The first-order valence-corrected chi connectivity index (χ1v) is 10.3. The summed E-state index contributed by atoms with van der Waals surface area (Å²) in [6.45, 7) is -1.77. The Labute approximate surface area is 211 Å². The summed E-state index contributed by atoms with van der Waals surface area (Å²) in [6, 6.07) is 2.49. The maximum absolute atomic E-state index is 14.8. The molecule has 2 aromatic rings. The van der Waals surface area contributed by atoms with Gasteiger partial charge in [0.15, 0.2) is 0 Å². The van der Waals surface area contributed by atoms with E-state index in [2.05, 4.69) is 0 Å². The predicted octanol–water partition coefficient (Wildman–Crippen LogP) is 8.12. The highest BCUT2D eigenvalue weighted by atomic mass is 35.5. The number of rotatable bonds is 6. The number of allylic oxidation sites excluding steroid dienone is 1. The fraction of sp³-hybridized carbons (Fsp3) is 0.250. The van der Waals surface area contributed by atoms with Crippen LogP contribution in [0.15, 0.2) is 36.4 Å². The molecule has 0 spiro atoms. The largest absolute Gasteiger partial charge is 0.417 e. The minimum Gasteiger partial charge on any atom is -0.287 e. The Hall–Kier alpha value is -2.22. The second-order valence-electron chi connectivity index (χ2n) is 7.01. The summed E-state index contributed by atoms with van der Waals surface area (Å²) in [6.07, 6.45) is -15.3. The van der Waals surface area contributed by atoms with Gasteiger partial charge in [-0.2, -0.15) is 39.5 Å². The van der Waals surface area contributed by atoms with Crippen LogP contribution in [0.4, 0.5) is 43.9 Å². The summed E-state index contributed by atoms with van der Waals surface area (Å²) in [7, 11) is 0. The lowest BCUT2D eigenvalue weighted by molar-refractivity contribution is -0.140. The molecule has 2 aromatic carbocycles. The van der Waals surface area contributed by atoms with Crippen molar-refractivity contribution in [2.24, 2.45) is 0 Å². The van der Waals surface area contributed by atoms with Gasteiger partial charge in [-0.1, -0.05) is 40.9 Å². The van der Waals surface area contributed by atoms with Crippen LogP contribution in [0.1, 0.15) is 33.0 Å². The topological polar surface area (TPSA) is 41.1 Å². The van der Waals surface area contributed by atoms with Crippen molar-refractivity contribution in [2.75, 3.05) is 6.54 Å². The molecule has 1 amide bonds. The van der Waals surface area contributed by atoms with E-state index in [1.807, 2.05) is 0 Å². The molecule has 198 valence electrons. The van der Waals surface area contributed by atoms with Gasteiger partial charge in [0.25, 0.3) is 5.91 Å². The van der Waals surface area contributed by atoms with Gasteiger partial charge in [0, 0.05) is 5.56 Å². The smallest absolute Gasteiger partial charge is 0.287 e. The van der Waals surface area contributed by atoms with Crippen LogP contribution in [0.5, 0.6) is 0 Å². The van der Waals surface area contributed by atoms with Gasteiger partial charge >= 0.3 is 18.5 Å². The average Bonchev–Trinajstić information content (AvgIpc) is 2.72. The van der Waals surface area contributed by atoms with Crippen LogP contribution in [0, 0.1) is 0 Å². The molecule has 36 heavy (non-hydrogen) atoms. The van der Waals surface area contributed by atoms with Gasteiger partial charge in [0.1, 0.15) is 18.3 Å². The van der Waals surface area contributed by atoms with Crippen LogP contribution in [0.2, 0.25) is 15.1 Å². The standard InChI is InChI=1S/C20H11Cl3F10N2O/c21-13-4-9(5-14(22)16(13)23)11(19(28,29)30)6-15(24)8-1-2-10(12(3-8)20(31,32)33)17(36)35-34-7-18(25,26)27/h1-6,11,34H,7H2,(H,35,36)/b15-6-. The van der Waals surface area contributed by atoms with Crippen molar-refractivity contribution >= 4 is 46.5 Å². The molecule has 1 atom stereocenters. The maximum atomic E-state index is 14.8. The third kappa shape index (κ3) is 7.89. The highest BCUT2D eigenvalue weighted by Crippen LogP contribution is 2.42. The van der Waals surface area contributed by atoms with E-state index >= 15 is 0 Å². The zero-order valence-electron chi connectivity index (χ0n) is 17.1. The number of hydrogen-bond acceptors (Lipinski definition) is 2. The molecule has 0 aliphatic rings. The van der Waals surface area contributed by atoms with Crippen LogP contribution in [-0.4, -0.2) is 24.8 Å². The van der Waals surface area contributed by atoms with Crippen LogP contribution >= 0.6 is 34.8 Å². The average molecular weight is 592 g/mol. The summed E-state index contributed by atoms with van der Waals surface area (Å²) in [4.78, 5) is 11.9. The van der Waals surface area contributed by atoms with Crippen LogP contribution in [0.25, 0.3) is 5.83 Å². The SMILES string of the molecule is O=C(NNCC(F)(F)F)c1ccc(/C(F)=C/C(c2cc(Cl)c(Cl)c(Cl)c2)C(F)(F)F)cc1C(F)(F)F. The third-order valence-electron chi connectivity index (χ3n) is 4.37. The number of hydrogen-bond donors (Lipinski definition) is 2. The molecule has 0 aliphatic carbocycles. The Balaban J connectivity index is 2.50. The Morgan fingerprint density at radius 1 is 0.917 bits per heavy atom. The van der Waals surface area contributed by atoms with Gasteiger partial charge in [-0.25, -0.2) is 9.82 Å². The van der Waals surface area contributed by atoms with Crippen LogP contribution in [0.3, 0.4) is 0 Å². The summed E-state index contributed by atoms with van der Waals surface area (Å²) in [5, 5.41) is -1.06. The van der Waals surface area contributed by atoms with Crippen molar-refractivity contribution in [3.63, 3.8) is 0 Å². The van der Waals surface area contributed by atoms with E-state index in [1.54, 1.807) is 0 Å². The Morgan fingerprint density at radius 3 is 1.94 bits per heavy atom. The van der Waals surface area contributed by atoms with Crippen molar-refractivity contribution < 1.29 is 48.7 Å². The van der Waals surface area contributed by atoms with E-state index in [0.717, 1.165) is 12.1 Å². The number of nitrogens with one attached hydrogen (secondary N) is 2. The van der Waals surface area contributed by atoms with E-state index in [4.69, 9.17) is 34.8 Å². The van der Waals surface area contributed by atoms with E-state index in [1.165, 1.54) is 10.9 Å². The van der Waals surface area contributed by atoms with Crippen molar-refractivity contribution in [3.8, 4) is 0 Å². The molecule has 2 rings (SSSR count). The zero-order valence-corrected chi connectivity index (χ0v) is 19.3. The summed E-state index contributed by atoms with van der Waals surface area (Å²) < 4.78 is 133. The molecular formula is C20H11Cl3F10N2O. The molecule has 0 radical (unpaired) electrons. The van der Waals surface area contributed by atoms with Gasteiger partial charge in [0.05, 0.1) is 26.2 Å². The van der Waals surface area contributed by atoms with Crippen LogP contribution in [-0.2, 0) is 6.18 Å². The monoisotopic (exact) mass is 590 g/mol. The minimum atomic E-state index is -5.33. The van der Waals surface area contributed by atoms with E-state index < -0.39 is 75.0 Å². The van der Waals surface area contributed by atoms with Gasteiger partial charge in [0.2, 0.25) is 0 Å². The number of halogens is 13. The molecule has 0 saturated carbocycles. The number of benzene rings is 2. The third-order valence-corrected chi connectivity index (χ3v) is 5.56. The molecule has 2 N–H and O–H groups in total. The molecule has 0 aromatic heterocycles. The van der Waals surface area contributed by atoms with Crippen molar-refractivity contribution in [1.29, 1.82) is 0 Å². The Kier molecular flexibility index (Phi) is 9.20. The second-order valence-corrected chi connectivity index (χ2v) is 8.21. The van der Waals surface area contributed by atoms with E-state index in [-0.39, 0.29) is 17.2 Å². The fourth-order valence-electron chi connectivity index (χ4n) is 2.79. The lowest BCUT2D eigenvalue weighted by Gasteiger charge is -2.19. The highest BCUT2D eigenvalue weighted by molar-refractivity contribution is 6.48. The normalized spacial score (nSPS) is 14.1. The first kappa shape index (κ1) is 30.0. The van der Waals surface area contributed by atoms with Crippen molar-refractivity contribution in [1.82, 2.24) is 10.9 Å². The molecule has 0 bridgehead atoms. The molecule has 1 unspecified atom stereocenters. The molecule has 3 nitrogen and oxygen atoms in total. The lowest BCUT2D eigenvalue weighted by atomic mass is 9.95. The molecule has 16 heteroatoms. The second kappa shape index (κ2) is 11.0. The summed E-state index contributed by atoms with van der Waals surface area (Å²) in [5.74, 6) is -6.12. The number of hydrazine groups is 1. The molecule has 0 fully saturated rings. The molecule has 0 saturated heterocycles. The number of alkyl halides is 9. The highest BCUT2D eigenvalue weighted by Gasteiger charge is 2.41. The Bertz CT molecular complexity index is 1140. The van der Waals surface area contributed by atoms with Gasteiger partial charge in [-0.3, -0.25) is 10.2 Å². The summed E-state index contributed by atoms with van der Waals surface area (Å²) in [5.41, 5.74) is -1.90. The van der Waals surface area contributed by atoms with Gasteiger partial charge in [-0.05, 0) is 35.9 Å². The first-order valence-electron chi connectivity index (χ1n) is 9.21. The minimum absolute atomic E-state index is 0.0317. The zero-order chi connectivity index (χ0) is 27.6. The van der Waals surface area contributed by atoms with Gasteiger partial charge < -0.3 is 0 Å². The van der Waals surface area contributed by atoms with Gasteiger partial charge in [-0.15, -0.1) is 0 Å². The van der Waals surface area contributed by atoms with E-state index in [9.17, 15) is 48.7 Å². The number of carbonyl (C=O) groups is 1. The fourth-order valence-corrected chi connectivity index (χ4v) is 3.41.